The minimum absolute atomic E-state index is 0.0665. The van der Waals surface area contributed by atoms with Crippen LogP contribution in [0.2, 0.25) is 0 Å². The highest BCUT2D eigenvalue weighted by Crippen LogP contribution is 2.57. The predicted molar refractivity (Wildman–Crippen MR) is 58.6 cm³/mol. The average Bonchev–Trinajstić information content (AvgIpc) is 2.22. The molecular formula is C13H14N2O. The second kappa shape index (κ2) is 3.29. The van der Waals surface area contributed by atoms with Gasteiger partial charge < -0.3 is 4.74 Å². The monoisotopic (exact) mass is 214 g/mol. The summed E-state index contributed by atoms with van der Waals surface area (Å²) in [7, 11) is 0. The largest absolute Gasteiger partial charge is 0.379 e. The van der Waals surface area contributed by atoms with Gasteiger partial charge >= 0.3 is 0 Å². The topological polar surface area (TPSA) is 45.9 Å². The van der Waals surface area contributed by atoms with Crippen LogP contribution < -0.4 is 0 Å². The molecule has 1 aromatic rings. The van der Waals surface area contributed by atoms with Gasteiger partial charge in [-0.1, -0.05) is 6.42 Å². The van der Waals surface area contributed by atoms with Crippen molar-refractivity contribution >= 4 is 0 Å². The highest BCUT2D eigenvalue weighted by atomic mass is 16.5. The molecule has 82 valence electrons. The highest BCUT2D eigenvalue weighted by Gasteiger charge is 2.60. The number of ether oxygens (including phenoxy) is 1. The van der Waals surface area contributed by atoms with E-state index in [9.17, 15) is 5.26 Å². The average molecular weight is 214 g/mol. The molecule has 16 heavy (non-hydrogen) atoms. The number of pyridine rings is 1. The molecule has 2 heterocycles. The Morgan fingerprint density at radius 3 is 2.31 bits per heavy atom. The van der Waals surface area contributed by atoms with Crippen LogP contribution in [0.3, 0.4) is 0 Å². The molecule has 2 aliphatic rings. The number of nitrogens with zero attached hydrogens (tertiary/aromatic N) is 2. The van der Waals surface area contributed by atoms with E-state index >= 15 is 0 Å². The van der Waals surface area contributed by atoms with Crippen molar-refractivity contribution in [3.05, 3.63) is 30.1 Å². The lowest BCUT2D eigenvalue weighted by atomic mass is 9.50. The molecule has 0 spiro atoms. The summed E-state index contributed by atoms with van der Waals surface area (Å²) in [6.45, 7) is 1.37. The second-order valence-electron chi connectivity index (χ2n) is 4.86. The summed E-state index contributed by atoms with van der Waals surface area (Å²) in [5, 5.41) is 9.48. The first-order valence-corrected chi connectivity index (χ1v) is 5.73. The van der Waals surface area contributed by atoms with Crippen molar-refractivity contribution in [3.63, 3.8) is 0 Å². The Kier molecular flexibility index (Phi) is 2.02. The maximum Gasteiger partial charge on any atom is 0.0715 e. The molecule has 3 heteroatoms. The minimum Gasteiger partial charge on any atom is -0.379 e. The van der Waals surface area contributed by atoms with E-state index in [1.165, 1.54) is 12.0 Å². The summed E-state index contributed by atoms with van der Waals surface area (Å²) < 4.78 is 5.40. The molecule has 1 aromatic heterocycles. The number of hydrogen-bond acceptors (Lipinski definition) is 3. The van der Waals surface area contributed by atoms with Crippen LogP contribution >= 0.6 is 0 Å². The van der Waals surface area contributed by atoms with Crippen LogP contribution in [0.5, 0.6) is 0 Å². The van der Waals surface area contributed by atoms with Gasteiger partial charge in [-0.05, 0) is 30.5 Å². The summed E-state index contributed by atoms with van der Waals surface area (Å²) in [6, 6.07) is 6.61. The van der Waals surface area contributed by atoms with Crippen molar-refractivity contribution in [3.8, 4) is 6.07 Å². The van der Waals surface area contributed by atoms with Gasteiger partial charge in [0.15, 0.2) is 0 Å². The number of aromatic nitrogens is 1. The Bertz CT molecular complexity index is 427. The summed E-state index contributed by atoms with van der Waals surface area (Å²) >= 11 is 0. The summed E-state index contributed by atoms with van der Waals surface area (Å²) in [4.78, 5) is 4.05. The third kappa shape index (κ3) is 1.03. The molecule has 1 aliphatic carbocycles. The van der Waals surface area contributed by atoms with E-state index in [-0.39, 0.29) is 10.8 Å². The maximum atomic E-state index is 9.48. The molecular weight excluding hydrogens is 200 g/mol. The highest BCUT2D eigenvalue weighted by molar-refractivity contribution is 5.35. The molecule has 1 saturated heterocycles. The number of nitriles is 1. The van der Waals surface area contributed by atoms with Gasteiger partial charge in [0.05, 0.1) is 30.1 Å². The fourth-order valence-electron chi connectivity index (χ4n) is 2.92. The van der Waals surface area contributed by atoms with Gasteiger partial charge in [0.25, 0.3) is 0 Å². The van der Waals surface area contributed by atoms with Crippen molar-refractivity contribution in [2.45, 2.75) is 24.7 Å². The zero-order chi connectivity index (χ0) is 11.1. The van der Waals surface area contributed by atoms with Crippen molar-refractivity contribution in [2.24, 2.45) is 5.41 Å². The van der Waals surface area contributed by atoms with Crippen LogP contribution in [0.15, 0.2) is 24.5 Å². The molecule has 3 rings (SSSR count). The second-order valence-corrected chi connectivity index (χ2v) is 4.86. The standard InChI is InChI=1S/C13H14N2O/c14-8-12(4-1-5-12)13(9-16-10-13)11-2-6-15-7-3-11/h2-3,6-7H,1,4-5,9-10H2. The lowest BCUT2D eigenvalue weighted by Crippen LogP contribution is -2.61. The normalized spacial score (nSPS) is 24.9. The van der Waals surface area contributed by atoms with Crippen LogP contribution in [0.25, 0.3) is 0 Å². The summed E-state index contributed by atoms with van der Waals surface area (Å²) in [6.07, 6.45) is 6.79. The van der Waals surface area contributed by atoms with Gasteiger partial charge in [-0.15, -0.1) is 0 Å². The van der Waals surface area contributed by atoms with Crippen molar-refractivity contribution < 1.29 is 4.74 Å². The molecule has 2 fully saturated rings. The fourth-order valence-corrected chi connectivity index (χ4v) is 2.92. The molecule has 0 unspecified atom stereocenters. The van der Waals surface area contributed by atoms with Crippen LogP contribution in [-0.2, 0) is 10.2 Å². The lowest BCUT2D eigenvalue weighted by molar-refractivity contribution is -0.134. The van der Waals surface area contributed by atoms with Crippen LogP contribution in [0.1, 0.15) is 24.8 Å². The van der Waals surface area contributed by atoms with Crippen LogP contribution in [0, 0.1) is 16.7 Å². The van der Waals surface area contributed by atoms with E-state index in [4.69, 9.17) is 4.74 Å². The number of rotatable bonds is 2. The van der Waals surface area contributed by atoms with Crippen molar-refractivity contribution in [1.82, 2.24) is 4.98 Å². The number of hydrogen-bond donors (Lipinski definition) is 0. The first-order chi connectivity index (χ1) is 7.83. The van der Waals surface area contributed by atoms with Gasteiger partial charge in [0.2, 0.25) is 0 Å². The van der Waals surface area contributed by atoms with Gasteiger partial charge in [-0.25, -0.2) is 0 Å². The fraction of sp³-hybridized carbons (Fsp3) is 0.538. The zero-order valence-corrected chi connectivity index (χ0v) is 9.15. The van der Waals surface area contributed by atoms with Gasteiger partial charge in [-0.3, -0.25) is 4.98 Å². The molecule has 0 bridgehead atoms. The van der Waals surface area contributed by atoms with Gasteiger partial charge in [-0.2, -0.15) is 5.26 Å². The molecule has 0 amide bonds. The third-order valence-electron chi connectivity index (χ3n) is 4.27. The zero-order valence-electron chi connectivity index (χ0n) is 9.15. The van der Waals surface area contributed by atoms with E-state index in [0.29, 0.717) is 13.2 Å². The molecule has 1 saturated carbocycles. The summed E-state index contributed by atoms with van der Waals surface area (Å²) in [5.74, 6) is 0. The van der Waals surface area contributed by atoms with Crippen LogP contribution in [-0.4, -0.2) is 18.2 Å². The first kappa shape index (κ1) is 9.80. The first-order valence-electron chi connectivity index (χ1n) is 5.73. The smallest absolute Gasteiger partial charge is 0.0715 e. The third-order valence-corrected chi connectivity index (χ3v) is 4.27. The van der Waals surface area contributed by atoms with Gasteiger partial charge in [0, 0.05) is 12.4 Å². The molecule has 1 aliphatic heterocycles. The Hall–Kier alpha value is -1.40. The van der Waals surface area contributed by atoms with E-state index < -0.39 is 0 Å². The Morgan fingerprint density at radius 1 is 1.25 bits per heavy atom. The van der Waals surface area contributed by atoms with E-state index in [0.717, 1.165) is 12.8 Å². The molecule has 3 nitrogen and oxygen atoms in total. The van der Waals surface area contributed by atoms with Gasteiger partial charge in [0.1, 0.15) is 0 Å². The van der Waals surface area contributed by atoms with E-state index in [1.54, 1.807) is 12.4 Å². The molecule has 0 aromatic carbocycles. The lowest BCUT2D eigenvalue weighted by Gasteiger charge is -2.56. The predicted octanol–water partition coefficient (Wildman–Crippen LogP) is 2.04. The van der Waals surface area contributed by atoms with E-state index in [1.807, 2.05) is 12.1 Å². The Balaban J connectivity index is 2.04. The maximum absolute atomic E-state index is 9.48. The minimum atomic E-state index is -0.188. The SMILES string of the molecule is N#CC1(C2(c3ccncc3)COC2)CCC1. The van der Waals surface area contributed by atoms with Crippen molar-refractivity contribution in [2.75, 3.05) is 13.2 Å². The Labute approximate surface area is 95.1 Å². The molecule has 0 N–H and O–H groups in total. The Morgan fingerprint density at radius 2 is 1.94 bits per heavy atom. The molecule has 0 radical (unpaired) electrons. The summed E-state index contributed by atoms with van der Waals surface area (Å²) in [5.41, 5.74) is 0.963. The molecule has 0 atom stereocenters. The quantitative estimate of drug-likeness (QED) is 0.756. The van der Waals surface area contributed by atoms with Crippen molar-refractivity contribution in [1.29, 1.82) is 5.26 Å². The van der Waals surface area contributed by atoms with Crippen LogP contribution in [0.4, 0.5) is 0 Å². The van der Waals surface area contributed by atoms with E-state index in [2.05, 4.69) is 11.1 Å².